The maximum absolute atomic E-state index is 5.66. The second-order valence-corrected chi connectivity index (χ2v) is 5.81. The number of nitrogens with one attached hydrogen (secondary N) is 2. The van der Waals surface area contributed by atoms with Crippen LogP contribution in [0.3, 0.4) is 0 Å². The van der Waals surface area contributed by atoms with Gasteiger partial charge in [-0.1, -0.05) is 18.2 Å². The fourth-order valence-electron chi connectivity index (χ4n) is 2.82. The highest BCUT2D eigenvalue weighted by molar-refractivity contribution is 14.0. The van der Waals surface area contributed by atoms with Crippen LogP contribution in [0.25, 0.3) is 5.69 Å². The Balaban J connectivity index is 0.00000225. The number of aromatic nitrogens is 2. The molecule has 1 unspecified atom stereocenters. The topological polar surface area (TPSA) is 63.5 Å². The van der Waals surface area contributed by atoms with Crippen LogP contribution < -0.4 is 10.6 Å². The molecule has 1 aromatic heterocycles. The van der Waals surface area contributed by atoms with Crippen molar-refractivity contribution in [3.05, 3.63) is 48.5 Å². The molecule has 0 bridgehead atoms. The number of ether oxygens (including phenoxy) is 1. The molecule has 0 radical (unpaired) electrons. The lowest BCUT2D eigenvalue weighted by Gasteiger charge is -2.15. The summed E-state index contributed by atoms with van der Waals surface area (Å²) in [7, 11) is 0. The van der Waals surface area contributed by atoms with Crippen LogP contribution in [0.5, 0.6) is 0 Å². The number of hydrogen-bond donors (Lipinski definition) is 2. The van der Waals surface area contributed by atoms with Gasteiger partial charge in [0.15, 0.2) is 5.96 Å². The zero-order chi connectivity index (χ0) is 16.6. The van der Waals surface area contributed by atoms with Crippen LogP contribution >= 0.6 is 24.0 Å². The standard InChI is InChI=1S/C18H25N5O.HI/c1-2-20-18(22-13-16-7-5-11-24-16)21-12-15-6-3-4-8-17(15)23-10-9-19-14-23;/h3-4,6,8-10,14,16H,2,5,7,11-13H2,1H3,(H2,20,21,22);1H. The first kappa shape index (κ1) is 19.7. The quantitative estimate of drug-likeness (QED) is 0.400. The fourth-order valence-corrected chi connectivity index (χ4v) is 2.82. The van der Waals surface area contributed by atoms with Crippen molar-refractivity contribution >= 4 is 29.9 Å². The lowest BCUT2D eigenvalue weighted by molar-refractivity contribution is 0.114. The second kappa shape index (κ2) is 10.4. The molecule has 1 aliphatic heterocycles. The van der Waals surface area contributed by atoms with Crippen LogP contribution in [0.15, 0.2) is 48.0 Å². The molecule has 136 valence electrons. The number of guanidine groups is 1. The molecule has 25 heavy (non-hydrogen) atoms. The number of nitrogens with zero attached hydrogens (tertiary/aromatic N) is 3. The molecule has 3 rings (SSSR count). The van der Waals surface area contributed by atoms with Crippen LogP contribution in [0.1, 0.15) is 25.3 Å². The van der Waals surface area contributed by atoms with Gasteiger partial charge in [-0.15, -0.1) is 24.0 Å². The zero-order valence-electron chi connectivity index (χ0n) is 14.5. The Bertz CT molecular complexity index is 653. The molecule has 2 N–H and O–H groups in total. The number of benzene rings is 1. The van der Waals surface area contributed by atoms with E-state index in [1.807, 2.05) is 29.2 Å². The van der Waals surface area contributed by atoms with Crippen LogP contribution in [0, 0.1) is 0 Å². The van der Waals surface area contributed by atoms with Gasteiger partial charge in [-0.2, -0.15) is 0 Å². The van der Waals surface area contributed by atoms with Crippen molar-refractivity contribution in [1.82, 2.24) is 20.2 Å². The molecule has 1 atom stereocenters. The van der Waals surface area contributed by atoms with Gasteiger partial charge in [0, 0.05) is 32.1 Å². The van der Waals surface area contributed by atoms with Gasteiger partial charge >= 0.3 is 0 Å². The van der Waals surface area contributed by atoms with Crippen molar-refractivity contribution in [2.45, 2.75) is 32.4 Å². The highest BCUT2D eigenvalue weighted by Gasteiger charge is 2.15. The van der Waals surface area contributed by atoms with Crippen molar-refractivity contribution in [3.8, 4) is 5.69 Å². The Kier molecular flexibility index (Phi) is 8.20. The normalized spacial score (nSPS) is 17.2. The average Bonchev–Trinajstić information content (AvgIpc) is 3.31. The summed E-state index contributed by atoms with van der Waals surface area (Å²) >= 11 is 0. The van der Waals surface area contributed by atoms with E-state index in [-0.39, 0.29) is 24.0 Å². The lowest BCUT2D eigenvalue weighted by atomic mass is 10.2. The van der Waals surface area contributed by atoms with E-state index in [4.69, 9.17) is 9.73 Å². The number of rotatable bonds is 6. The van der Waals surface area contributed by atoms with E-state index in [0.29, 0.717) is 12.6 Å². The first-order valence-corrected chi connectivity index (χ1v) is 8.57. The van der Waals surface area contributed by atoms with Crippen molar-refractivity contribution in [2.75, 3.05) is 19.7 Å². The van der Waals surface area contributed by atoms with Crippen LogP contribution in [0.4, 0.5) is 0 Å². The van der Waals surface area contributed by atoms with Gasteiger partial charge in [-0.3, -0.25) is 0 Å². The van der Waals surface area contributed by atoms with Gasteiger partial charge in [-0.25, -0.2) is 9.98 Å². The van der Waals surface area contributed by atoms with E-state index in [0.717, 1.165) is 49.7 Å². The van der Waals surface area contributed by atoms with Crippen LogP contribution in [0.2, 0.25) is 0 Å². The largest absolute Gasteiger partial charge is 0.376 e. The summed E-state index contributed by atoms with van der Waals surface area (Å²) < 4.78 is 7.67. The number of imidazole rings is 1. The molecule has 0 spiro atoms. The molecule has 1 aliphatic rings. The van der Waals surface area contributed by atoms with Crippen molar-refractivity contribution < 1.29 is 4.74 Å². The van der Waals surface area contributed by atoms with Crippen molar-refractivity contribution in [2.24, 2.45) is 4.99 Å². The van der Waals surface area contributed by atoms with Gasteiger partial charge in [-0.05, 0) is 31.4 Å². The molecule has 0 amide bonds. The van der Waals surface area contributed by atoms with Gasteiger partial charge in [0.2, 0.25) is 0 Å². The van der Waals surface area contributed by atoms with E-state index >= 15 is 0 Å². The number of hydrogen-bond acceptors (Lipinski definition) is 3. The summed E-state index contributed by atoms with van der Waals surface area (Å²) in [5, 5.41) is 6.68. The minimum atomic E-state index is 0. The van der Waals surface area contributed by atoms with Gasteiger partial charge in [0.05, 0.1) is 24.7 Å². The molecule has 1 saturated heterocycles. The minimum absolute atomic E-state index is 0. The maximum atomic E-state index is 5.66. The summed E-state index contributed by atoms with van der Waals surface area (Å²) in [5.74, 6) is 0.827. The molecule has 2 heterocycles. The van der Waals surface area contributed by atoms with Crippen molar-refractivity contribution in [3.63, 3.8) is 0 Å². The average molecular weight is 455 g/mol. The van der Waals surface area contributed by atoms with Gasteiger partial charge < -0.3 is 19.9 Å². The van der Waals surface area contributed by atoms with Gasteiger partial charge in [0.1, 0.15) is 0 Å². The monoisotopic (exact) mass is 455 g/mol. The first-order chi connectivity index (χ1) is 11.9. The molecule has 6 nitrogen and oxygen atoms in total. The SMILES string of the molecule is CCNC(=NCc1ccccc1-n1ccnc1)NCC1CCCO1.I. The predicted molar refractivity (Wildman–Crippen MR) is 111 cm³/mol. The highest BCUT2D eigenvalue weighted by atomic mass is 127. The van der Waals surface area contributed by atoms with E-state index < -0.39 is 0 Å². The first-order valence-electron chi connectivity index (χ1n) is 8.57. The van der Waals surface area contributed by atoms with E-state index in [2.05, 4.69) is 34.7 Å². The molecular weight excluding hydrogens is 429 g/mol. The zero-order valence-corrected chi connectivity index (χ0v) is 16.8. The Morgan fingerprint density at radius 1 is 1.36 bits per heavy atom. The van der Waals surface area contributed by atoms with E-state index in [1.165, 1.54) is 0 Å². The lowest BCUT2D eigenvalue weighted by Crippen LogP contribution is -2.41. The molecule has 1 aromatic carbocycles. The predicted octanol–water partition coefficient (Wildman–Crippen LogP) is 2.72. The molecule has 0 aliphatic carbocycles. The number of aliphatic imine (C=N–C) groups is 1. The minimum Gasteiger partial charge on any atom is -0.376 e. The van der Waals surface area contributed by atoms with Crippen LogP contribution in [-0.2, 0) is 11.3 Å². The maximum Gasteiger partial charge on any atom is 0.191 e. The summed E-state index contributed by atoms with van der Waals surface area (Å²) in [4.78, 5) is 8.85. The summed E-state index contributed by atoms with van der Waals surface area (Å²) in [6.45, 7) is 5.19. The summed E-state index contributed by atoms with van der Waals surface area (Å²) in [6.07, 6.45) is 8.11. The highest BCUT2D eigenvalue weighted by Crippen LogP contribution is 2.15. The number of halogens is 1. The van der Waals surface area contributed by atoms with Crippen molar-refractivity contribution in [1.29, 1.82) is 0 Å². The fraction of sp³-hybridized carbons (Fsp3) is 0.444. The second-order valence-electron chi connectivity index (χ2n) is 5.81. The molecule has 7 heteroatoms. The summed E-state index contributed by atoms with van der Waals surface area (Å²) in [6, 6.07) is 8.25. The Labute approximate surface area is 166 Å². The summed E-state index contributed by atoms with van der Waals surface area (Å²) in [5.41, 5.74) is 2.26. The Hall–Kier alpha value is -1.61. The molecular formula is C18H26IN5O. The molecule has 1 fully saturated rings. The molecule has 2 aromatic rings. The smallest absolute Gasteiger partial charge is 0.191 e. The van der Waals surface area contributed by atoms with Crippen LogP contribution in [-0.4, -0.2) is 41.3 Å². The Morgan fingerprint density at radius 3 is 2.96 bits per heavy atom. The third-order valence-corrected chi connectivity index (χ3v) is 4.05. The third-order valence-electron chi connectivity index (χ3n) is 4.05. The van der Waals surface area contributed by atoms with E-state index in [9.17, 15) is 0 Å². The third kappa shape index (κ3) is 5.71. The van der Waals surface area contributed by atoms with Gasteiger partial charge in [0.25, 0.3) is 0 Å². The Morgan fingerprint density at radius 2 is 2.24 bits per heavy atom. The van der Waals surface area contributed by atoms with E-state index in [1.54, 1.807) is 6.20 Å². The molecule has 0 saturated carbocycles. The number of para-hydroxylation sites is 1.